The number of amides is 3. The molecule has 1 aliphatic rings. The van der Waals surface area contributed by atoms with Crippen molar-refractivity contribution >= 4 is 17.7 Å². The summed E-state index contributed by atoms with van der Waals surface area (Å²) in [5.41, 5.74) is -0.722. The van der Waals surface area contributed by atoms with Gasteiger partial charge < -0.3 is 15.5 Å². The minimum Gasteiger partial charge on any atom is -0.354 e. The zero-order chi connectivity index (χ0) is 20.0. The van der Waals surface area contributed by atoms with Crippen LogP contribution in [0.1, 0.15) is 43.5 Å². The molecule has 27 heavy (non-hydrogen) atoms. The van der Waals surface area contributed by atoms with E-state index >= 15 is 0 Å². The maximum absolute atomic E-state index is 13.7. The maximum atomic E-state index is 13.7. The summed E-state index contributed by atoms with van der Waals surface area (Å²) in [7, 11) is 0. The number of nitrogens with zero attached hydrogens (tertiary/aromatic N) is 1. The molecule has 1 heterocycles. The average molecular weight is 381 g/mol. The van der Waals surface area contributed by atoms with Crippen LogP contribution >= 0.6 is 0 Å². The molecule has 0 bridgehead atoms. The Hall–Kier alpha value is -2.51. The van der Waals surface area contributed by atoms with Crippen molar-refractivity contribution in [3.8, 4) is 0 Å². The predicted octanol–water partition coefficient (Wildman–Crippen LogP) is 1.85. The number of benzene rings is 1. The van der Waals surface area contributed by atoms with E-state index in [1.807, 2.05) is 0 Å². The van der Waals surface area contributed by atoms with E-state index in [0.717, 1.165) is 44.1 Å². The van der Waals surface area contributed by atoms with Gasteiger partial charge in [0.1, 0.15) is 23.2 Å². The summed E-state index contributed by atoms with van der Waals surface area (Å²) >= 11 is 0. The molecule has 2 rings (SSSR count). The normalized spacial score (nSPS) is 14.9. The van der Waals surface area contributed by atoms with Crippen LogP contribution in [-0.2, 0) is 9.59 Å². The molecular formula is C19H25F2N3O3. The molecular weight excluding hydrogens is 356 g/mol. The lowest BCUT2D eigenvalue weighted by atomic mass is 10.0. The summed E-state index contributed by atoms with van der Waals surface area (Å²) < 4.78 is 27.5. The standard InChI is InChI=1S/C19H25F2N3O3/c1-12(2)17(23-18(26)16-13(20)6-5-7-14(16)21)19(27)22-9-8-15(25)24-10-3-4-11-24/h5-7,12,17H,3-4,8-11H2,1-2H3,(H,22,27)(H,23,26). The largest absolute Gasteiger partial charge is 0.354 e. The second-order valence-corrected chi connectivity index (χ2v) is 6.92. The summed E-state index contributed by atoms with van der Waals surface area (Å²) in [6.45, 7) is 5.04. The Morgan fingerprint density at radius 1 is 1.11 bits per heavy atom. The highest BCUT2D eigenvalue weighted by molar-refractivity contribution is 5.98. The Balaban J connectivity index is 1.92. The van der Waals surface area contributed by atoms with Crippen molar-refractivity contribution in [3.05, 3.63) is 35.4 Å². The van der Waals surface area contributed by atoms with Gasteiger partial charge in [-0.1, -0.05) is 19.9 Å². The van der Waals surface area contributed by atoms with Crippen LogP contribution in [0.3, 0.4) is 0 Å². The Bertz CT molecular complexity index is 683. The second-order valence-electron chi connectivity index (χ2n) is 6.92. The molecule has 0 aromatic heterocycles. The topological polar surface area (TPSA) is 78.5 Å². The van der Waals surface area contributed by atoms with Crippen LogP contribution in [0.15, 0.2) is 18.2 Å². The van der Waals surface area contributed by atoms with E-state index in [1.165, 1.54) is 0 Å². The van der Waals surface area contributed by atoms with E-state index in [-0.39, 0.29) is 24.8 Å². The van der Waals surface area contributed by atoms with Crippen LogP contribution in [0.25, 0.3) is 0 Å². The average Bonchev–Trinajstić information content (AvgIpc) is 3.13. The number of likely N-dealkylation sites (tertiary alicyclic amines) is 1. The summed E-state index contributed by atoms with van der Waals surface area (Å²) in [5.74, 6) is -3.81. The van der Waals surface area contributed by atoms with Crippen LogP contribution in [0.4, 0.5) is 8.78 Å². The molecule has 1 fully saturated rings. The van der Waals surface area contributed by atoms with Gasteiger partial charge in [0.2, 0.25) is 11.8 Å². The van der Waals surface area contributed by atoms with E-state index in [1.54, 1.807) is 18.7 Å². The van der Waals surface area contributed by atoms with Crippen LogP contribution < -0.4 is 10.6 Å². The molecule has 1 aliphatic heterocycles. The summed E-state index contributed by atoms with van der Waals surface area (Å²) in [6.07, 6.45) is 2.16. The Labute approximate surface area is 157 Å². The lowest BCUT2D eigenvalue weighted by molar-refractivity contribution is -0.130. The first-order valence-electron chi connectivity index (χ1n) is 9.11. The molecule has 1 saturated heterocycles. The van der Waals surface area contributed by atoms with Gasteiger partial charge in [0, 0.05) is 26.1 Å². The molecule has 0 spiro atoms. The third kappa shape index (κ3) is 5.48. The zero-order valence-electron chi connectivity index (χ0n) is 15.6. The fraction of sp³-hybridized carbons (Fsp3) is 0.526. The van der Waals surface area contributed by atoms with Gasteiger partial charge in [-0.25, -0.2) is 8.78 Å². The number of hydrogen-bond donors (Lipinski definition) is 2. The number of hydrogen-bond acceptors (Lipinski definition) is 3. The van der Waals surface area contributed by atoms with E-state index < -0.39 is 35.1 Å². The third-order valence-electron chi connectivity index (χ3n) is 4.52. The SMILES string of the molecule is CC(C)C(NC(=O)c1c(F)cccc1F)C(=O)NCCC(=O)N1CCCC1. The first-order valence-corrected chi connectivity index (χ1v) is 9.11. The molecule has 0 saturated carbocycles. The van der Waals surface area contributed by atoms with E-state index in [4.69, 9.17) is 0 Å². The van der Waals surface area contributed by atoms with Gasteiger partial charge in [0.25, 0.3) is 5.91 Å². The summed E-state index contributed by atoms with van der Waals surface area (Å²) in [4.78, 5) is 38.4. The van der Waals surface area contributed by atoms with Crippen molar-refractivity contribution in [2.24, 2.45) is 5.92 Å². The Morgan fingerprint density at radius 2 is 1.70 bits per heavy atom. The third-order valence-corrected chi connectivity index (χ3v) is 4.52. The highest BCUT2D eigenvalue weighted by Gasteiger charge is 2.27. The molecule has 148 valence electrons. The van der Waals surface area contributed by atoms with E-state index in [0.29, 0.717) is 0 Å². The van der Waals surface area contributed by atoms with Gasteiger partial charge in [-0.15, -0.1) is 0 Å². The molecule has 6 nitrogen and oxygen atoms in total. The van der Waals surface area contributed by atoms with Crippen molar-refractivity contribution in [1.82, 2.24) is 15.5 Å². The van der Waals surface area contributed by atoms with Gasteiger partial charge >= 0.3 is 0 Å². The van der Waals surface area contributed by atoms with Crippen molar-refractivity contribution in [3.63, 3.8) is 0 Å². The number of nitrogens with one attached hydrogen (secondary N) is 2. The van der Waals surface area contributed by atoms with Crippen LogP contribution in [0.2, 0.25) is 0 Å². The lowest BCUT2D eigenvalue weighted by Crippen LogP contribution is -2.50. The van der Waals surface area contributed by atoms with Gasteiger partial charge in [-0.2, -0.15) is 0 Å². The Morgan fingerprint density at radius 3 is 2.26 bits per heavy atom. The molecule has 1 unspecified atom stereocenters. The second kappa shape index (κ2) is 9.43. The minimum atomic E-state index is -0.994. The fourth-order valence-electron chi connectivity index (χ4n) is 2.99. The molecule has 0 aliphatic carbocycles. The first-order chi connectivity index (χ1) is 12.8. The molecule has 1 aromatic carbocycles. The molecule has 1 aromatic rings. The van der Waals surface area contributed by atoms with Crippen molar-refractivity contribution in [2.45, 2.75) is 39.2 Å². The number of carbonyl (C=O) groups excluding carboxylic acids is 3. The van der Waals surface area contributed by atoms with Crippen molar-refractivity contribution in [2.75, 3.05) is 19.6 Å². The van der Waals surface area contributed by atoms with Crippen LogP contribution in [0.5, 0.6) is 0 Å². The van der Waals surface area contributed by atoms with Crippen molar-refractivity contribution in [1.29, 1.82) is 0 Å². The van der Waals surface area contributed by atoms with Gasteiger partial charge in [0.15, 0.2) is 0 Å². The highest BCUT2D eigenvalue weighted by atomic mass is 19.1. The number of rotatable bonds is 7. The molecule has 2 N–H and O–H groups in total. The fourth-order valence-corrected chi connectivity index (χ4v) is 2.99. The quantitative estimate of drug-likeness (QED) is 0.757. The molecule has 8 heteroatoms. The summed E-state index contributed by atoms with van der Waals surface area (Å²) in [6, 6.07) is 2.14. The van der Waals surface area contributed by atoms with E-state index in [9.17, 15) is 23.2 Å². The first kappa shape index (κ1) is 20.8. The van der Waals surface area contributed by atoms with Crippen LogP contribution in [-0.4, -0.2) is 48.3 Å². The van der Waals surface area contributed by atoms with Gasteiger partial charge in [-0.3, -0.25) is 14.4 Å². The van der Waals surface area contributed by atoms with E-state index in [2.05, 4.69) is 10.6 Å². The minimum absolute atomic E-state index is 0.0219. The zero-order valence-corrected chi connectivity index (χ0v) is 15.6. The highest BCUT2D eigenvalue weighted by Crippen LogP contribution is 2.13. The lowest BCUT2D eigenvalue weighted by Gasteiger charge is -2.22. The predicted molar refractivity (Wildman–Crippen MR) is 95.9 cm³/mol. The van der Waals surface area contributed by atoms with Crippen molar-refractivity contribution < 1.29 is 23.2 Å². The number of carbonyl (C=O) groups is 3. The molecule has 3 amide bonds. The monoisotopic (exact) mass is 381 g/mol. The summed E-state index contributed by atoms with van der Waals surface area (Å²) in [5, 5.41) is 5.00. The Kier molecular flexibility index (Phi) is 7.27. The van der Waals surface area contributed by atoms with Gasteiger partial charge in [0.05, 0.1) is 0 Å². The molecule has 0 radical (unpaired) electrons. The maximum Gasteiger partial charge on any atom is 0.257 e. The smallest absolute Gasteiger partial charge is 0.257 e. The molecule has 1 atom stereocenters. The van der Waals surface area contributed by atoms with Gasteiger partial charge in [-0.05, 0) is 30.9 Å². The van der Waals surface area contributed by atoms with Crippen LogP contribution in [0, 0.1) is 17.6 Å². The number of halogens is 2.